The Hall–Kier alpha value is -3.38. The molecule has 146 valence electrons. The van der Waals surface area contributed by atoms with Crippen LogP contribution in [0.4, 0.5) is 0 Å². The number of aliphatic carboxylic acids is 1. The molecule has 2 N–H and O–H groups in total. The Labute approximate surface area is 176 Å². The Morgan fingerprint density at radius 1 is 1.00 bits per heavy atom. The molecule has 0 aliphatic carbocycles. The zero-order valence-electron chi connectivity index (χ0n) is 15.6. The Morgan fingerprint density at radius 3 is 2.31 bits per heavy atom. The van der Waals surface area contributed by atoms with Gasteiger partial charge in [-0.3, -0.25) is 4.79 Å². The Kier molecular flexibility index (Phi) is 6.46. The molecule has 3 rings (SSSR count). The van der Waals surface area contributed by atoms with Crippen LogP contribution >= 0.6 is 15.9 Å². The number of benzene rings is 3. The molecule has 0 atom stereocenters. The third-order valence-electron chi connectivity index (χ3n) is 4.02. The van der Waals surface area contributed by atoms with Crippen molar-refractivity contribution in [1.29, 1.82) is 0 Å². The molecule has 6 heteroatoms. The fourth-order valence-electron chi connectivity index (χ4n) is 2.55. The molecule has 3 aromatic rings. The number of amides is 1. The highest BCUT2D eigenvalue weighted by Crippen LogP contribution is 2.30. The van der Waals surface area contributed by atoms with E-state index < -0.39 is 11.9 Å². The SMILES string of the molecule is Cc1ccc(Oc2ccc(/C=C(/NC(=O)c3ccccc3)C(=O)O)cc2)c(Br)c1. The number of halogens is 1. The molecule has 0 unspecified atom stereocenters. The Balaban J connectivity index is 1.75. The molecule has 1 amide bonds. The summed E-state index contributed by atoms with van der Waals surface area (Å²) >= 11 is 3.47. The van der Waals surface area contributed by atoms with Gasteiger partial charge >= 0.3 is 5.97 Å². The lowest BCUT2D eigenvalue weighted by atomic mass is 10.1. The molecule has 0 aliphatic heterocycles. The van der Waals surface area contributed by atoms with Crippen molar-refractivity contribution >= 4 is 33.9 Å². The van der Waals surface area contributed by atoms with E-state index in [1.807, 2.05) is 25.1 Å². The molecule has 0 fully saturated rings. The summed E-state index contributed by atoms with van der Waals surface area (Å²) in [6.07, 6.45) is 1.40. The van der Waals surface area contributed by atoms with E-state index in [1.54, 1.807) is 54.6 Å². The number of hydrogen-bond acceptors (Lipinski definition) is 3. The van der Waals surface area contributed by atoms with E-state index in [-0.39, 0.29) is 5.70 Å². The van der Waals surface area contributed by atoms with E-state index in [9.17, 15) is 14.7 Å². The summed E-state index contributed by atoms with van der Waals surface area (Å²) in [7, 11) is 0. The molecule has 0 saturated carbocycles. The molecule has 3 aromatic carbocycles. The van der Waals surface area contributed by atoms with Crippen LogP contribution in [0.2, 0.25) is 0 Å². The van der Waals surface area contributed by atoms with Gasteiger partial charge in [0.15, 0.2) is 0 Å². The highest BCUT2D eigenvalue weighted by molar-refractivity contribution is 9.10. The van der Waals surface area contributed by atoms with Crippen LogP contribution in [0.1, 0.15) is 21.5 Å². The maximum absolute atomic E-state index is 12.2. The highest BCUT2D eigenvalue weighted by Gasteiger charge is 2.13. The summed E-state index contributed by atoms with van der Waals surface area (Å²) in [6.45, 7) is 1.99. The summed E-state index contributed by atoms with van der Waals surface area (Å²) in [5, 5.41) is 11.9. The molecular formula is C23H18BrNO4. The smallest absolute Gasteiger partial charge is 0.352 e. The van der Waals surface area contributed by atoms with Gasteiger partial charge in [0.25, 0.3) is 5.91 Å². The van der Waals surface area contributed by atoms with Crippen molar-refractivity contribution in [1.82, 2.24) is 5.32 Å². The van der Waals surface area contributed by atoms with Gasteiger partial charge in [-0.2, -0.15) is 0 Å². The minimum absolute atomic E-state index is 0.214. The van der Waals surface area contributed by atoms with E-state index >= 15 is 0 Å². The average Bonchev–Trinajstić information content (AvgIpc) is 2.71. The zero-order chi connectivity index (χ0) is 20.8. The van der Waals surface area contributed by atoms with E-state index in [1.165, 1.54) is 6.08 Å². The maximum Gasteiger partial charge on any atom is 0.352 e. The molecule has 0 aliphatic rings. The Morgan fingerprint density at radius 2 is 1.69 bits per heavy atom. The first-order valence-electron chi connectivity index (χ1n) is 8.78. The minimum Gasteiger partial charge on any atom is -0.477 e. The van der Waals surface area contributed by atoms with E-state index in [2.05, 4.69) is 21.2 Å². The van der Waals surface area contributed by atoms with Gasteiger partial charge in [-0.15, -0.1) is 0 Å². The zero-order valence-corrected chi connectivity index (χ0v) is 17.1. The summed E-state index contributed by atoms with van der Waals surface area (Å²) in [6, 6.07) is 21.1. The van der Waals surface area contributed by atoms with Crippen molar-refractivity contribution < 1.29 is 19.4 Å². The lowest BCUT2D eigenvalue weighted by molar-refractivity contribution is -0.132. The number of carbonyl (C=O) groups excluding carboxylic acids is 1. The number of aryl methyl sites for hydroxylation is 1. The van der Waals surface area contributed by atoms with Crippen LogP contribution in [-0.2, 0) is 4.79 Å². The summed E-state index contributed by atoms with van der Waals surface area (Å²) < 4.78 is 6.69. The fraction of sp³-hybridized carbons (Fsp3) is 0.0435. The second kappa shape index (κ2) is 9.21. The third kappa shape index (κ3) is 5.56. The number of hydrogen-bond donors (Lipinski definition) is 2. The molecule has 0 heterocycles. The van der Waals surface area contributed by atoms with Crippen molar-refractivity contribution in [2.75, 3.05) is 0 Å². The highest BCUT2D eigenvalue weighted by atomic mass is 79.9. The average molecular weight is 452 g/mol. The molecule has 5 nitrogen and oxygen atoms in total. The number of carbonyl (C=O) groups is 2. The van der Waals surface area contributed by atoms with Gasteiger partial charge in [-0.25, -0.2) is 4.79 Å². The van der Waals surface area contributed by atoms with E-state index in [4.69, 9.17) is 4.74 Å². The second-order valence-electron chi connectivity index (χ2n) is 6.29. The molecule has 0 spiro atoms. The monoisotopic (exact) mass is 451 g/mol. The first-order valence-corrected chi connectivity index (χ1v) is 9.57. The predicted octanol–water partition coefficient (Wildman–Crippen LogP) is 5.41. The normalized spacial score (nSPS) is 11.0. The van der Waals surface area contributed by atoms with Crippen molar-refractivity contribution in [2.24, 2.45) is 0 Å². The van der Waals surface area contributed by atoms with Crippen LogP contribution < -0.4 is 10.1 Å². The van der Waals surface area contributed by atoms with E-state index in [0.717, 1.165) is 10.0 Å². The van der Waals surface area contributed by atoms with Crippen LogP contribution in [0.5, 0.6) is 11.5 Å². The molecule has 0 bridgehead atoms. The van der Waals surface area contributed by atoms with Gasteiger partial charge in [0.2, 0.25) is 0 Å². The number of rotatable bonds is 6. The summed E-state index contributed by atoms with van der Waals surface area (Å²) in [4.78, 5) is 23.8. The van der Waals surface area contributed by atoms with Crippen LogP contribution in [0.15, 0.2) is 83.0 Å². The molecule has 29 heavy (non-hydrogen) atoms. The van der Waals surface area contributed by atoms with Gasteiger partial charge in [0, 0.05) is 5.56 Å². The third-order valence-corrected chi connectivity index (χ3v) is 4.64. The van der Waals surface area contributed by atoms with E-state index in [0.29, 0.717) is 22.6 Å². The summed E-state index contributed by atoms with van der Waals surface area (Å²) in [5.41, 5.74) is 1.90. The Bertz CT molecular complexity index is 1060. The standard InChI is InChI=1S/C23H18BrNO4/c1-15-7-12-21(19(24)13-15)29-18-10-8-16(9-11-18)14-20(23(27)28)25-22(26)17-5-3-2-4-6-17/h2-14H,1H3,(H,25,26)(H,27,28)/b20-14+. The molecule has 0 saturated heterocycles. The van der Waals surface area contributed by atoms with Crippen LogP contribution in [0, 0.1) is 6.92 Å². The fourth-order valence-corrected chi connectivity index (χ4v) is 3.12. The largest absolute Gasteiger partial charge is 0.477 e. The van der Waals surface area contributed by atoms with Crippen molar-refractivity contribution in [3.8, 4) is 11.5 Å². The van der Waals surface area contributed by atoms with Gasteiger partial charge in [0.05, 0.1) is 4.47 Å². The maximum atomic E-state index is 12.2. The summed E-state index contributed by atoms with van der Waals surface area (Å²) in [5.74, 6) is -0.418. The van der Waals surface area contributed by atoms with Crippen molar-refractivity contribution in [3.63, 3.8) is 0 Å². The van der Waals surface area contributed by atoms with Crippen molar-refractivity contribution in [2.45, 2.75) is 6.92 Å². The number of ether oxygens (including phenoxy) is 1. The first-order chi connectivity index (χ1) is 13.9. The van der Waals surface area contributed by atoms with Crippen LogP contribution in [0.25, 0.3) is 6.08 Å². The number of carboxylic acid groups (broad SMARTS) is 1. The molecular weight excluding hydrogens is 434 g/mol. The lowest BCUT2D eigenvalue weighted by Crippen LogP contribution is -2.27. The minimum atomic E-state index is -1.22. The van der Waals surface area contributed by atoms with Crippen LogP contribution in [0.3, 0.4) is 0 Å². The van der Waals surface area contributed by atoms with Gasteiger partial charge in [-0.05, 0) is 76.5 Å². The second-order valence-corrected chi connectivity index (χ2v) is 7.14. The molecule has 0 radical (unpaired) electrons. The number of nitrogens with one attached hydrogen (secondary N) is 1. The van der Waals surface area contributed by atoms with Crippen molar-refractivity contribution in [3.05, 3.63) is 99.7 Å². The first kappa shape index (κ1) is 20.4. The number of carboxylic acids is 1. The van der Waals surface area contributed by atoms with Gasteiger partial charge in [0.1, 0.15) is 17.2 Å². The molecule has 0 aromatic heterocycles. The predicted molar refractivity (Wildman–Crippen MR) is 115 cm³/mol. The lowest BCUT2D eigenvalue weighted by Gasteiger charge is -2.09. The van der Waals surface area contributed by atoms with Gasteiger partial charge < -0.3 is 15.2 Å². The topological polar surface area (TPSA) is 75.6 Å². The van der Waals surface area contributed by atoms with Crippen LogP contribution in [-0.4, -0.2) is 17.0 Å². The van der Waals surface area contributed by atoms with Gasteiger partial charge in [-0.1, -0.05) is 36.4 Å². The quantitative estimate of drug-likeness (QED) is 0.491.